The monoisotopic (exact) mass is 389 g/mol. The average molecular weight is 389 g/mol. The molecular weight excluding hydrogens is 375 g/mol. The molecule has 1 aromatic carbocycles. The number of hydrogen-bond acceptors (Lipinski definition) is 4. The summed E-state index contributed by atoms with van der Waals surface area (Å²) >= 11 is 0. The molecule has 3 aromatic rings. The van der Waals surface area contributed by atoms with Crippen molar-refractivity contribution >= 4 is 11.0 Å². The maximum atomic E-state index is 12.9. The van der Waals surface area contributed by atoms with Crippen molar-refractivity contribution in [1.82, 2.24) is 19.7 Å². The molecule has 1 aliphatic carbocycles. The first-order valence-corrected chi connectivity index (χ1v) is 8.57. The molecule has 7 nitrogen and oxygen atoms in total. The number of nitriles is 1. The second-order valence-electron chi connectivity index (χ2n) is 6.76. The van der Waals surface area contributed by atoms with Crippen LogP contribution < -0.4 is 11.2 Å². The van der Waals surface area contributed by atoms with Crippen LogP contribution in [0.3, 0.4) is 0 Å². The lowest BCUT2D eigenvalue weighted by Crippen LogP contribution is -2.24. The van der Waals surface area contributed by atoms with Crippen molar-refractivity contribution in [2.75, 3.05) is 0 Å². The van der Waals surface area contributed by atoms with E-state index in [0.717, 1.165) is 25.0 Å². The highest BCUT2D eigenvalue weighted by molar-refractivity contribution is 5.77. The zero-order valence-corrected chi connectivity index (χ0v) is 14.4. The van der Waals surface area contributed by atoms with Crippen molar-refractivity contribution in [3.63, 3.8) is 0 Å². The van der Waals surface area contributed by atoms with Crippen molar-refractivity contribution < 1.29 is 13.2 Å². The molecule has 0 amide bonds. The number of fused-ring (bicyclic) bond motifs is 1. The fourth-order valence-electron chi connectivity index (χ4n) is 3.44. The standard InChI is InChI=1S/C18H14F3N5O2/c19-18(20,21)11-5-3-10(4-6-11)14(9-1-2-9)26-15-13(12(25-26)7-8-22)16(27)24-17(28)23-15/h3-6,9,14H,1-2,7H2,(H2,23,24,27,28)/t14-/m1/s1. The van der Waals surface area contributed by atoms with Crippen molar-refractivity contribution in [3.8, 4) is 6.07 Å². The summed E-state index contributed by atoms with van der Waals surface area (Å²) < 4.78 is 40.1. The van der Waals surface area contributed by atoms with Crippen LogP contribution in [0.1, 0.15) is 35.7 Å². The number of halogens is 3. The Bertz CT molecular complexity index is 1190. The van der Waals surface area contributed by atoms with E-state index in [0.29, 0.717) is 5.56 Å². The number of H-pyrrole nitrogens is 2. The lowest BCUT2D eigenvalue weighted by Gasteiger charge is -2.19. The average Bonchev–Trinajstić information content (AvgIpc) is 3.39. The summed E-state index contributed by atoms with van der Waals surface area (Å²) in [7, 11) is 0. The van der Waals surface area contributed by atoms with Crippen LogP contribution in [0, 0.1) is 17.2 Å². The summed E-state index contributed by atoms with van der Waals surface area (Å²) in [6, 6.07) is 6.26. The molecule has 28 heavy (non-hydrogen) atoms. The molecule has 0 saturated heterocycles. The molecule has 0 radical (unpaired) electrons. The molecule has 1 aliphatic rings. The Morgan fingerprint density at radius 3 is 2.46 bits per heavy atom. The molecule has 1 saturated carbocycles. The summed E-state index contributed by atoms with van der Waals surface area (Å²) in [5.74, 6) is 0.109. The number of aromatic nitrogens is 4. The molecule has 144 valence electrons. The summed E-state index contributed by atoms with van der Waals surface area (Å²) in [5.41, 5.74) is -1.17. The fraction of sp³-hybridized carbons (Fsp3) is 0.333. The van der Waals surface area contributed by atoms with E-state index >= 15 is 0 Å². The molecule has 4 rings (SSSR count). The Morgan fingerprint density at radius 1 is 1.21 bits per heavy atom. The minimum atomic E-state index is -4.44. The smallest absolute Gasteiger partial charge is 0.291 e. The van der Waals surface area contributed by atoms with Gasteiger partial charge in [-0.1, -0.05) is 12.1 Å². The normalized spacial score (nSPS) is 15.5. The van der Waals surface area contributed by atoms with E-state index in [1.165, 1.54) is 16.8 Å². The van der Waals surface area contributed by atoms with E-state index in [2.05, 4.69) is 15.1 Å². The molecule has 0 bridgehead atoms. The third kappa shape index (κ3) is 3.09. The summed E-state index contributed by atoms with van der Waals surface area (Å²) in [6.45, 7) is 0. The predicted octanol–water partition coefficient (Wildman–Crippen LogP) is 2.50. The first-order chi connectivity index (χ1) is 13.3. The van der Waals surface area contributed by atoms with Gasteiger partial charge in [0.25, 0.3) is 5.56 Å². The molecule has 2 N–H and O–H groups in total. The van der Waals surface area contributed by atoms with E-state index in [-0.39, 0.29) is 29.1 Å². The van der Waals surface area contributed by atoms with Gasteiger partial charge in [0.05, 0.1) is 29.8 Å². The van der Waals surface area contributed by atoms with Gasteiger partial charge in [-0.3, -0.25) is 14.8 Å². The number of benzene rings is 1. The van der Waals surface area contributed by atoms with Gasteiger partial charge in [-0.15, -0.1) is 0 Å². The molecule has 1 fully saturated rings. The number of nitrogens with one attached hydrogen (secondary N) is 2. The van der Waals surface area contributed by atoms with Gasteiger partial charge in [0.1, 0.15) is 11.0 Å². The highest BCUT2D eigenvalue weighted by Crippen LogP contribution is 2.44. The maximum Gasteiger partial charge on any atom is 0.416 e. The predicted molar refractivity (Wildman–Crippen MR) is 92.6 cm³/mol. The van der Waals surface area contributed by atoms with Crippen molar-refractivity contribution in [3.05, 3.63) is 61.9 Å². The van der Waals surface area contributed by atoms with Gasteiger partial charge in [-0.05, 0) is 36.5 Å². The Kier molecular flexibility index (Phi) is 4.10. The van der Waals surface area contributed by atoms with Gasteiger partial charge < -0.3 is 0 Å². The number of rotatable bonds is 4. The van der Waals surface area contributed by atoms with Gasteiger partial charge in [-0.2, -0.15) is 23.5 Å². The van der Waals surface area contributed by atoms with Crippen molar-refractivity contribution in [2.45, 2.75) is 31.5 Å². The van der Waals surface area contributed by atoms with Crippen LogP contribution in [0.25, 0.3) is 11.0 Å². The first-order valence-electron chi connectivity index (χ1n) is 8.57. The van der Waals surface area contributed by atoms with Crippen LogP contribution in [0.4, 0.5) is 13.2 Å². The van der Waals surface area contributed by atoms with Crippen LogP contribution in [-0.2, 0) is 12.6 Å². The molecule has 2 aromatic heterocycles. The second kappa shape index (κ2) is 6.37. The van der Waals surface area contributed by atoms with Crippen LogP contribution in [-0.4, -0.2) is 19.7 Å². The highest BCUT2D eigenvalue weighted by atomic mass is 19.4. The number of nitrogens with zero attached hydrogens (tertiary/aromatic N) is 3. The highest BCUT2D eigenvalue weighted by Gasteiger charge is 2.37. The van der Waals surface area contributed by atoms with Crippen LogP contribution in [0.2, 0.25) is 0 Å². The summed E-state index contributed by atoms with van der Waals surface area (Å²) in [5, 5.41) is 13.5. The maximum absolute atomic E-state index is 12.9. The Morgan fingerprint density at radius 2 is 1.89 bits per heavy atom. The summed E-state index contributed by atoms with van der Waals surface area (Å²) in [4.78, 5) is 28.7. The zero-order valence-electron chi connectivity index (χ0n) is 14.4. The van der Waals surface area contributed by atoms with E-state index < -0.39 is 29.0 Å². The SMILES string of the molecule is N#CCc1nn([C@@H](c2ccc(C(F)(F)F)cc2)C2CC2)c2[nH]c(=O)[nH]c(=O)c12. The topological polar surface area (TPSA) is 107 Å². The molecule has 2 heterocycles. The van der Waals surface area contributed by atoms with Gasteiger partial charge in [0, 0.05) is 0 Å². The van der Waals surface area contributed by atoms with Gasteiger partial charge >= 0.3 is 11.9 Å². The Hall–Kier alpha value is -3.35. The Labute approximate surface area is 155 Å². The lowest BCUT2D eigenvalue weighted by atomic mass is 10.0. The number of hydrogen-bond donors (Lipinski definition) is 2. The van der Waals surface area contributed by atoms with E-state index in [9.17, 15) is 22.8 Å². The molecule has 10 heteroatoms. The number of aromatic amines is 2. The minimum Gasteiger partial charge on any atom is -0.291 e. The van der Waals surface area contributed by atoms with Gasteiger partial charge in [0.15, 0.2) is 0 Å². The largest absolute Gasteiger partial charge is 0.416 e. The third-order valence-electron chi connectivity index (χ3n) is 4.83. The van der Waals surface area contributed by atoms with Crippen molar-refractivity contribution in [2.24, 2.45) is 5.92 Å². The minimum absolute atomic E-state index is 0.109. The third-order valence-corrected chi connectivity index (χ3v) is 4.83. The fourth-order valence-corrected chi connectivity index (χ4v) is 3.44. The summed E-state index contributed by atoms with van der Waals surface area (Å²) in [6.07, 6.45) is -2.89. The second-order valence-corrected chi connectivity index (χ2v) is 6.76. The van der Waals surface area contributed by atoms with Gasteiger partial charge in [-0.25, -0.2) is 9.48 Å². The van der Waals surface area contributed by atoms with Gasteiger partial charge in [0.2, 0.25) is 0 Å². The zero-order chi connectivity index (χ0) is 20.1. The molecule has 0 aliphatic heterocycles. The molecule has 1 atom stereocenters. The number of alkyl halides is 3. The quantitative estimate of drug-likeness (QED) is 0.715. The van der Waals surface area contributed by atoms with Crippen LogP contribution in [0.15, 0.2) is 33.9 Å². The molecular formula is C18H14F3N5O2. The van der Waals surface area contributed by atoms with E-state index in [4.69, 9.17) is 5.26 Å². The van der Waals surface area contributed by atoms with E-state index in [1.54, 1.807) is 0 Å². The van der Waals surface area contributed by atoms with Crippen LogP contribution >= 0.6 is 0 Å². The van der Waals surface area contributed by atoms with Crippen molar-refractivity contribution in [1.29, 1.82) is 5.26 Å². The lowest BCUT2D eigenvalue weighted by molar-refractivity contribution is -0.137. The Balaban J connectivity index is 1.90. The van der Waals surface area contributed by atoms with Crippen LogP contribution in [0.5, 0.6) is 0 Å². The molecule has 0 unspecified atom stereocenters. The first kappa shape index (κ1) is 18.0. The van der Waals surface area contributed by atoms with E-state index in [1.807, 2.05) is 6.07 Å². The molecule has 0 spiro atoms.